The molecule has 46 heavy (non-hydrogen) atoms. The summed E-state index contributed by atoms with van der Waals surface area (Å²) < 4.78 is 36.4. The number of hydrogen-bond donors (Lipinski definition) is 0. The number of piperazine rings is 1. The predicted octanol–water partition coefficient (Wildman–Crippen LogP) is 6.06. The quantitative estimate of drug-likeness (QED) is 0.224. The number of anilines is 1. The molecule has 2 aromatic heterocycles. The second-order valence-electron chi connectivity index (χ2n) is 12.3. The summed E-state index contributed by atoms with van der Waals surface area (Å²) in [5, 5.41) is 11.9. The van der Waals surface area contributed by atoms with Crippen LogP contribution in [0.15, 0.2) is 55.1 Å². The molecule has 1 atom stereocenters. The third kappa shape index (κ3) is 5.29. The van der Waals surface area contributed by atoms with Gasteiger partial charge in [0, 0.05) is 64.3 Å². The molecule has 4 aromatic rings. The number of ether oxygens (including phenoxy) is 1. The molecule has 0 aliphatic carbocycles. The molecule has 0 radical (unpaired) electrons. The minimum Gasteiger partial charge on any atom is -0.461 e. The van der Waals surface area contributed by atoms with Crippen molar-refractivity contribution in [2.45, 2.75) is 43.7 Å². The Morgan fingerprint density at radius 3 is 2.70 bits per heavy atom. The lowest BCUT2D eigenvalue weighted by molar-refractivity contribution is -0.131. The summed E-state index contributed by atoms with van der Waals surface area (Å²) in [4.78, 5) is 32.1. The summed E-state index contributed by atoms with van der Waals surface area (Å²) in [6.07, 6.45) is 7.58. The minimum atomic E-state index is -1.08. The number of amides is 1. The average molecular weight is 644 g/mol. The fraction of sp³-hybridized carbons (Fsp3) is 0.382. The highest BCUT2D eigenvalue weighted by Crippen LogP contribution is 2.41. The first-order valence-electron chi connectivity index (χ1n) is 15.5. The van der Waals surface area contributed by atoms with Gasteiger partial charge in [-0.05, 0) is 57.0 Å². The van der Waals surface area contributed by atoms with Crippen LogP contribution in [0.4, 0.5) is 14.6 Å². The summed E-state index contributed by atoms with van der Waals surface area (Å²) in [7, 11) is 0. The van der Waals surface area contributed by atoms with Crippen molar-refractivity contribution in [3.05, 3.63) is 66.0 Å². The molecule has 2 aromatic carbocycles. The Morgan fingerprint density at radius 1 is 1.13 bits per heavy atom. The first kappa shape index (κ1) is 30.3. The molecular weight excluding hydrogens is 612 g/mol. The van der Waals surface area contributed by atoms with E-state index in [0.717, 1.165) is 44.2 Å². The van der Waals surface area contributed by atoms with Crippen molar-refractivity contribution in [2.75, 3.05) is 44.2 Å². The monoisotopic (exact) mass is 643 g/mol. The molecule has 5 heterocycles. The SMILES string of the molecule is C=C(F)C(=O)N1CCN(c2nc(OCC34CCCN3CCC4)nc3cc(-c4cncc5cccc(Cl)c45)c(F)cc23)C[C@@H]1CC#N. The van der Waals surface area contributed by atoms with Crippen LogP contribution in [-0.2, 0) is 4.79 Å². The molecule has 236 valence electrons. The predicted molar refractivity (Wildman–Crippen MR) is 172 cm³/mol. The van der Waals surface area contributed by atoms with Gasteiger partial charge >= 0.3 is 6.01 Å². The van der Waals surface area contributed by atoms with E-state index in [9.17, 15) is 14.4 Å². The number of pyridine rings is 1. The molecule has 3 aliphatic rings. The summed E-state index contributed by atoms with van der Waals surface area (Å²) in [6.45, 7) is 6.27. The number of carbonyl (C=O) groups is 1. The first-order chi connectivity index (χ1) is 22.3. The van der Waals surface area contributed by atoms with Crippen LogP contribution < -0.4 is 9.64 Å². The number of nitrogens with zero attached hydrogens (tertiary/aromatic N) is 7. The number of halogens is 3. The maximum Gasteiger partial charge on any atom is 0.319 e. The van der Waals surface area contributed by atoms with E-state index in [1.807, 2.05) is 17.0 Å². The number of benzene rings is 2. The largest absolute Gasteiger partial charge is 0.461 e. The molecule has 3 fully saturated rings. The Labute approximate surface area is 270 Å². The van der Waals surface area contributed by atoms with Gasteiger partial charge in [-0.1, -0.05) is 30.3 Å². The van der Waals surface area contributed by atoms with E-state index in [-0.39, 0.29) is 43.2 Å². The van der Waals surface area contributed by atoms with Crippen LogP contribution >= 0.6 is 11.6 Å². The topological polar surface area (TPSA) is 98.5 Å². The highest BCUT2D eigenvalue weighted by atomic mass is 35.5. The van der Waals surface area contributed by atoms with Crippen LogP contribution in [0.2, 0.25) is 5.02 Å². The van der Waals surface area contributed by atoms with Crippen LogP contribution in [0.25, 0.3) is 32.8 Å². The van der Waals surface area contributed by atoms with Crippen molar-refractivity contribution < 1.29 is 18.3 Å². The minimum absolute atomic E-state index is 0.0202. The maximum atomic E-state index is 16.1. The van der Waals surface area contributed by atoms with E-state index in [0.29, 0.717) is 39.3 Å². The van der Waals surface area contributed by atoms with Gasteiger partial charge in [-0.25, -0.2) is 8.78 Å². The van der Waals surface area contributed by atoms with Crippen molar-refractivity contribution in [1.29, 1.82) is 5.26 Å². The van der Waals surface area contributed by atoms with Crippen LogP contribution in [0, 0.1) is 17.1 Å². The average Bonchev–Trinajstić information content (AvgIpc) is 3.64. The van der Waals surface area contributed by atoms with Crippen molar-refractivity contribution in [2.24, 2.45) is 0 Å². The van der Waals surface area contributed by atoms with Gasteiger partial charge in [-0.15, -0.1) is 0 Å². The Hall–Kier alpha value is -4.40. The number of nitriles is 1. The molecule has 1 amide bonds. The first-order valence-corrected chi connectivity index (χ1v) is 15.8. The standard InChI is InChI=1S/C34H32ClF2N7O2/c1-21(36)32(45)44-14-13-42(19-23(44)7-10-38)31-25-15-28(37)24(26-18-39-17-22-5-2-6-27(35)30(22)26)16-29(25)40-33(41-31)46-20-34-8-3-11-43(34)12-4-9-34/h2,5-6,15-18,23H,1,3-4,7-9,11-14,19-20H2/t23-/m0/s1. The number of aromatic nitrogens is 3. The van der Waals surface area contributed by atoms with Crippen LogP contribution in [0.3, 0.4) is 0 Å². The van der Waals surface area contributed by atoms with E-state index in [4.69, 9.17) is 26.3 Å². The van der Waals surface area contributed by atoms with Crippen molar-refractivity contribution in [1.82, 2.24) is 24.8 Å². The smallest absolute Gasteiger partial charge is 0.319 e. The van der Waals surface area contributed by atoms with Crippen LogP contribution in [0.5, 0.6) is 6.01 Å². The third-order valence-corrected chi connectivity index (χ3v) is 9.96. The lowest BCUT2D eigenvalue weighted by atomic mass is 9.95. The Balaban J connectivity index is 1.32. The number of rotatable bonds is 7. The van der Waals surface area contributed by atoms with Gasteiger partial charge in [0.05, 0.1) is 29.6 Å². The molecule has 3 saturated heterocycles. The molecular formula is C34H32ClF2N7O2. The fourth-order valence-electron chi connectivity index (χ4n) is 7.43. The zero-order valence-electron chi connectivity index (χ0n) is 25.2. The van der Waals surface area contributed by atoms with Gasteiger partial charge < -0.3 is 14.5 Å². The van der Waals surface area contributed by atoms with Gasteiger partial charge in [0.15, 0.2) is 5.83 Å². The Kier molecular flexibility index (Phi) is 7.95. The van der Waals surface area contributed by atoms with Crippen molar-refractivity contribution in [3.63, 3.8) is 0 Å². The molecule has 3 aliphatic heterocycles. The van der Waals surface area contributed by atoms with Crippen molar-refractivity contribution in [3.8, 4) is 23.2 Å². The lowest BCUT2D eigenvalue weighted by Gasteiger charge is -2.41. The van der Waals surface area contributed by atoms with Gasteiger partial charge in [-0.3, -0.25) is 14.7 Å². The highest BCUT2D eigenvalue weighted by Gasteiger charge is 2.45. The van der Waals surface area contributed by atoms with Gasteiger partial charge in [0.2, 0.25) is 0 Å². The number of carbonyl (C=O) groups excluding carboxylic acids is 1. The van der Waals surface area contributed by atoms with E-state index >= 15 is 4.39 Å². The lowest BCUT2D eigenvalue weighted by Crippen LogP contribution is -2.55. The normalized spacial score (nSPS) is 19.4. The second kappa shape index (κ2) is 12.1. The molecule has 0 saturated carbocycles. The summed E-state index contributed by atoms with van der Waals surface area (Å²) in [5.41, 5.74) is 1.23. The van der Waals surface area contributed by atoms with E-state index in [1.165, 1.54) is 11.0 Å². The maximum absolute atomic E-state index is 16.1. The summed E-state index contributed by atoms with van der Waals surface area (Å²) in [6, 6.07) is 10.2. The van der Waals surface area contributed by atoms with E-state index in [1.54, 1.807) is 24.5 Å². The Bertz CT molecular complexity index is 1900. The molecule has 9 nitrogen and oxygen atoms in total. The molecule has 0 bridgehead atoms. The van der Waals surface area contributed by atoms with Gasteiger partial charge in [0.25, 0.3) is 5.91 Å². The Morgan fingerprint density at radius 2 is 1.93 bits per heavy atom. The van der Waals surface area contributed by atoms with Gasteiger partial charge in [0.1, 0.15) is 18.2 Å². The third-order valence-electron chi connectivity index (χ3n) is 9.65. The molecule has 7 rings (SSSR count). The summed E-state index contributed by atoms with van der Waals surface area (Å²) in [5.74, 6) is -2.01. The van der Waals surface area contributed by atoms with E-state index < -0.39 is 23.6 Å². The zero-order valence-corrected chi connectivity index (χ0v) is 25.9. The zero-order chi connectivity index (χ0) is 32.0. The van der Waals surface area contributed by atoms with Crippen LogP contribution in [0.1, 0.15) is 32.1 Å². The van der Waals surface area contributed by atoms with Crippen LogP contribution in [-0.4, -0.2) is 81.6 Å². The number of hydrogen-bond acceptors (Lipinski definition) is 8. The van der Waals surface area contributed by atoms with E-state index in [2.05, 4.69) is 22.5 Å². The highest BCUT2D eigenvalue weighted by molar-refractivity contribution is 6.36. The number of fused-ring (bicyclic) bond motifs is 3. The molecule has 0 unspecified atom stereocenters. The van der Waals surface area contributed by atoms with Gasteiger partial charge in [-0.2, -0.15) is 15.2 Å². The van der Waals surface area contributed by atoms with Crippen molar-refractivity contribution >= 4 is 45.0 Å². The molecule has 0 spiro atoms. The molecule has 0 N–H and O–H groups in total. The molecule has 12 heteroatoms. The summed E-state index contributed by atoms with van der Waals surface area (Å²) >= 11 is 6.59. The fourth-order valence-corrected chi connectivity index (χ4v) is 7.71. The second-order valence-corrected chi connectivity index (χ2v) is 12.7.